The molecule has 0 radical (unpaired) electrons. The molecule has 1 heterocycles. The molecular formula is C11H11BrN2O. The van der Waals surface area contributed by atoms with E-state index in [1.807, 2.05) is 18.2 Å². The van der Waals surface area contributed by atoms with E-state index in [4.69, 9.17) is 10.5 Å². The van der Waals surface area contributed by atoms with Gasteiger partial charge < -0.3 is 10.5 Å². The number of pyridine rings is 1. The Morgan fingerprint density at radius 1 is 1.40 bits per heavy atom. The van der Waals surface area contributed by atoms with E-state index in [9.17, 15) is 0 Å². The SMILES string of the molecule is Nc1ncc(Br)cc1OC1=CCCC=C1. The summed E-state index contributed by atoms with van der Waals surface area (Å²) in [5.74, 6) is 1.81. The van der Waals surface area contributed by atoms with Gasteiger partial charge in [0, 0.05) is 16.7 Å². The summed E-state index contributed by atoms with van der Waals surface area (Å²) in [6.07, 6.45) is 9.79. The summed E-state index contributed by atoms with van der Waals surface area (Å²) in [5, 5.41) is 0. The highest BCUT2D eigenvalue weighted by molar-refractivity contribution is 9.10. The van der Waals surface area contributed by atoms with Gasteiger partial charge in [0.2, 0.25) is 0 Å². The summed E-state index contributed by atoms with van der Waals surface area (Å²) in [6, 6.07) is 1.81. The minimum Gasteiger partial charge on any atom is -0.454 e. The van der Waals surface area contributed by atoms with E-state index in [-0.39, 0.29) is 0 Å². The average molecular weight is 267 g/mol. The summed E-state index contributed by atoms with van der Waals surface area (Å²) in [4.78, 5) is 4.00. The van der Waals surface area contributed by atoms with E-state index in [1.165, 1.54) is 0 Å². The van der Waals surface area contributed by atoms with Crippen LogP contribution in [0.5, 0.6) is 5.75 Å². The van der Waals surface area contributed by atoms with Crippen molar-refractivity contribution in [2.75, 3.05) is 5.73 Å². The van der Waals surface area contributed by atoms with Gasteiger partial charge in [0.05, 0.1) is 0 Å². The van der Waals surface area contributed by atoms with Crippen molar-refractivity contribution in [1.82, 2.24) is 4.98 Å². The second-order valence-corrected chi connectivity index (χ2v) is 4.14. The molecule has 0 unspecified atom stereocenters. The number of aromatic nitrogens is 1. The van der Waals surface area contributed by atoms with Crippen LogP contribution in [0.2, 0.25) is 0 Å². The Hall–Kier alpha value is -1.29. The third-order valence-corrected chi connectivity index (χ3v) is 2.47. The van der Waals surface area contributed by atoms with Crippen LogP contribution < -0.4 is 10.5 Å². The van der Waals surface area contributed by atoms with Crippen molar-refractivity contribution in [3.63, 3.8) is 0 Å². The number of anilines is 1. The fraction of sp³-hybridized carbons (Fsp3) is 0.182. The van der Waals surface area contributed by atoms with E-state index < -0.39 is 0 Å². The number of nitrogens with two attached hydrogens (primary N) is 1. The summed E-state index contributed by atoms with van der Waals surface area (Å²) >= 11 is 3.33. The summed E-state index contributed by atoms with van der Waals surface area (Å²) in [7, 11) is 0. The maximum atomic E-state index is 5.70. The maximum Gasteiger partial charge on any atom is 0.170 e. The molecule has 0 aromatic carbocycles. The Bertz CT molecular complexity index is 427. The summed E-state index contributed by atoms with van der Waals surface area (Å²) in [5.41, 5.74) is 5.70. The van der Waals surface area contributed by atoms with Crippen LogP contribution in [0.4, 0.5) is 5.82 Å². The van der Waals surface area contributed by atoms with Crippen molar-refractivity contribution in [1.29, 1.82) is 0 Å². The zero-order valence-corrected chi connectivity index (χ0v) is 9.70. The molecule has 4 heteroatoms. The van der Waals surface area contributed by atoms with Crippen molar-refractivity contribution < 1.29 is 4.74 Å². The predicted octanol–water partition coefficient (Wildman–Crippen LogP) is 3.04. The molecule has 15 heavy (non-hydrogen) atoms. The minimum absolute atomic E-state index is 0.401. The molecule has 2 rings (SSSR count). The number of hydrogen-bond acceptors (Lipinski definition) is 3. The third-order valence-electron chi connectivity index (χ3n) is 2.04. The first-order valence-corrected chi connectivity index (χ1v) is 5.50. The number of nitrogens with zero attached hydrogens (tertiary/aromatic N) is 1. The highest BCUT2D eigenvalue weighted by Gasteiger charge is 2.05. The topological polar surface area (TPSA) is 48.1 Å². The van der Waals surface area contributed by atoms with Gasteiger partial charge in [0.25, 0.3) is 0 Å². The molecule has 3 nitrogen and oxygen atoms in total. The monoisotopic (exact) mass is 266 g/mol. The van der Waals surface area contributed by atoms with Gasteiger partial charge in [0.1, 0.15) is 5.76 Å². The van der Waals surface area contributed by atoms with Gasteiger partial charge in [-0.25, -0.2) is 4.98 Å². The van der Waals surface area contributed by atoms with Crippen LogP contribution in [0, 0.1) is 0 Å². The smallest absolute Gasteiger partial charge is 0.170 e. The molecule has 0 bridgehead atoms. The van der Waals surface area contributed by atoms with Crippen molar-refractivity contribution in [2.45, 2.75) is 12.8 Å². The fourth-order valence-electron chi connectivity index (χ4n) is 1.31. The van der Waals surface area contributed by atoms with Crippen molar-refractivity contribution in [3.8, 4) is 5.75 Å². The van der Waals surface area contributed by atoms with Gasteiger partial charge in [-0.1, -0.05) is 6.08 Å². The molecule has 1 aromatic rings. The van der Waals surface area contributed by atoms with E-state index in [0.717, 1.165) is 23.1 Å². The number of allylic oxidation sites excluding steroid dienone is 3. The maximum absolute atomic E-state index is 5.70. The van der Waals surface area contributed by atoms with Gasteiger partial charge in [-0.2, -0.15) is 0 Å². The molecule has 1 aromatic heterocycles. The quantitative estimate of drug-likeness (QED) is 0.895. The van der Waals surface area contributed by atoms with Crippen LogP contribution >= 0.6 is 15.9 Å². The lowest BCUT2D eigenvalue weighted by Gasteiger charge is -2.10. The lowest BCUT2D eigenvalue weighted by atomic mass is 10.2. The molecular weight excluding hydrogens is 256 g/mol. The van der Waals surface area contributed by atoms with Crippen LogP contribution in [0.3, 0.4) is 0 Å². The first kappa shape index (κ1) is 10.2. The highest BCUT2D eigenvalue weighted by atomic mass is 79.9. The standard InChI is InChI=1S/C11H11BrN2O/c12-8-6-10(11(13)14-7-8)15-9-4-2-1-3-5-9/h2,4-7H,1,3H2,(H2,13,14). The number of rotatable bonds is 2. The molecule has 0 amide bonds. The summed E-state index contributed by atoms with van der Waals surface area (Å²) < 4.78 is 6.48. The van der Waals surface area contributed by atoms with E-state index in [1.54, 1.807) is 6.20 Å². The van der Waals surface area contributed by atoms with E-state index >= 15 is 0 Å². The third kappa shape index (κ3) is 2.59. The molecule has 1 aliphatic rings. The van der Waals surface area contributed by atoms with Crippen LogP contribution in [0.15, 0.2) is 40.7 Å². The predicted molar refractivity (Wildman–Crippen MR) is 63.4 cm³/mol. The Balaban J connectivity index is 2.20. The second-order valence-electron chi connectivity index (χ2n) is 3.23. The van der Waals surface area contributed by atoms with Crippen molar-refractivity contribution >= 4 is 21.7 Å². The first-order chi connectivity index (χ1) is 7.25. The van der Waals surface area contributed by atoms with Crippen LogP contribution in [-0.2, 0) is 0 Å². The van der Waals surface area contributed by atoms with Crippen LogP contribution in [0.25, 0.3) is 0 Å². The fourth-order valence-corrected chi connectivity index (χ4v) is 1.62. The molecule has 1 aliphatic carbocycles. The second kappa shape index (κ2) is 4.49. The molecule has 0 fully saturated rings. The van der Waals surface area contributed by atoms with Gasteiger partial charge in [-0.05, 0) is 40.9 Å². The highest BCUT2D eigenvalue weighted by Crippen LogP contribution is 2.26. The molecule has 0 spiro atoms. The van der Waals surface area contributed by atoms with Gasteiger partial charge >= 0.3 is 0 Å². The molecule has 78 valence electrons. The zero-order valence-electron chi connectivity index (χ0n) is 8.11. The lowest BCUT2D eigenvalue weighted by molar-refractivity contribution is 0.439. The number of nitrogen functional groups attached to an aromatic ring is 1. The number of halogens is 1. The molecule has 0 aliphatic heterocycles. The van der Waals surface area contributed by atoms with Gasteiger partial charge in [-0.3, -0.25) is 0 Å². The lowest BCUT2D eigenvalue weighted by Crippen LogP contribution is -2.00. The van der Waals surface area contributed by atoms with Crippen molar-refractivity contribution in [3.05, 3.63) is 40.7 Å². The van der Waals surface area contributed by atoms with Gasteiger partial charge in [0.15, 0.2) is 11.6 Å². The number of hydrogen-bond donors (Lipinski definition) is 1. The largest absolute Gasteiger partial charge is 0.454 e. The van der Waals surface area contributed by atoms with Crippen molar-refractivity contribution in [2.24, 2.45) is 0 Å². The summed E-state index contributed by atoms with van der Waals surface area (Å²) in [6.45, 7) is 0. The molecule has 0 saturated carbocycles. The van der Waals surface area contributed by atoms with Gasteiger partial charge in [-0.15, -0.1) is 0 Å². The van der Waals surface area contributed by atoms with E-state index in [0.29, 0.717) is 11.6 Å². The van der Waals surface area contributed by atoms with Crippen LogP contribution in [-0.4, -0.2) is 4.98 Å². The first-order valence-electron chi connectivity index (χ1n) is 4.71. The molecule has 0 atom stereocenters. The molecule has 2 N–H and O–H groups in total. The van der Waals surface area contributed by atoms with Crippen LogP contribution in [0.1, 0.15) is 12.8 Å². The minimum atomic E-state index is 0.401. The average Bonchev–Trinajstić information content (AvgIpc) is 2.25. The Morgan fingerprint density at radius 2 is 2.27 bits per heavy atom. The molecule has 0 saturated heterocycles. The van der Waals surface area contributed by atoms with E-state index in [2.05, 4.69) is 27.0 Å². The Morgan fingerprint density at radius 3 is 3.00 bits per heavy atom. The number of ether oxygens (including phenoxy) is 1. The Kier molecular flexibility index (Phi) is 3.06. The normalized spacial score (nSPS) is 14.9. The zero-order chi connectivity index (χ0) is 10.7. The Labute approximate surface area is 96.8 Å².